The normalized spacial score (nSPS) is 12.7. The first-order valence-corrected chi connectivity index (χ1v) is 6.85. The summed E-state index contributed by atoms with van der Waals surface area (Å²) in [6.07, 6.45) is 5.42. The molecular weight excluding hydrogens is 242 g/mol. The van der Waals surface area contributed by atoms with E-state index in [1.54, 1.807) is 19.5 Å². The Bertz CT molecular complexity index is 358. The van der Waals surface area contributed by atoms with Gasteiger partial charge in [-0.15, -0.1) is 0 Å². The average molecular weight is 267 g/mol. The van der Waals surface area contributed by atoms with Crippen LogP contribution in [0, 0.1) is 0 Å². The Labute approximate surface area is 115 Å². The lowest BCUT2D eigenvalue weighted by Crippen LogP contribution is -2.36. The fourth-order valence-corrected chi connectivity index (χ4v) is 1.78. The maximum absolute atomic E-state index is 5.55. The Kier molecular flexibility index (Phi) is 7.36. The van der Waals surface area contributed by atoms with Crippen LogP contribution in [-0.4, -0.2) is 42.4 Å². The van der Waals surface area contributed by atoms with Gasteiger partial charge in [0.1, 0.15) is 0 Å². The highest BCUT2D eigenvalue weighted by atomic mass is 16.5. The van der Waals surface area contributed by atoms with Crippen molar-refractivity contribution in [3.63, 3.8) is 0 Å². The summed E-state index contributed by atoms with van der Waals surface area (Å²) < 4.78 is 10.8. The van der Waals surface area contributed by atoms with Crippen LogP contribution in [0.15, 0.2) is 12.4 Å². The van der Waals surface area contributed by atoms with Gasteiger partial charge in [0.2, 0.25) is 5.88 Å². The van der Waals surface area contributed by atoms with Crippen molar-refractivity contribution in [1.82, 2.24) is 15.3 Å². The second-order valence-corrected chi connectivity index (χ2v) is 4.83. The van der Waals surface area contributed by atoms with Gasteiger partial charge in [-0.2, -0.15) is 0 Å². The van der Waals surface area contributed by atoms with Crippen molar-refractivity contribution in [3.8, 4) is 5.88 Å². The van der Waals surface area contributed by atoms with Crippen molar-refractivity contribution in [3.05, 3.63) is 18.1 Å². The molecule has 1 heterocycles. The van der Waals surface area contributed by atoms with Crippen LogP contribution in [0.3, 0.4) is 0 Å². The fraction of sp³-hybridized carbons (Fsp3) is 0.714. The first-order chi connectivity index (χ1) is 9.15. The molecule has 0 amide bonds. The van der Waals surface area contributed by atoms with Crippen LogP contribution in [0.2, 0.25) is 0 Å². The molecular formula is C14H25N3O2. The molecule has 1 unspecified atom stereocenters. The van der Waals surface area contributed by atoms with Gasteiger partial charge in [0.15, 0.2) is 0 Å². The second kappa shape index (κ2) is 8.82. The molecule has 1 N–H and O–H groups in total. The summed E-state index contributed by atoms with van der Waals surface area (Å²) in [6.45, 7) is 7.74. The quantitative estimate of drug-likeness (QED) is 0.739. The molecule has 5 nitrogen and oxygen atoms in total. The molecule has 1 aromatic heterocycles. The molecule has 0 spiro atoms. The van der Waals surface area contributed by atoms with Gasteiger partial charge in [-0.3, -0.25) is 4.98 Å². The molecule has 0 saturated carbocycles. The van der Waals surface area contributed by atoms with E-state index in [1.165, 1.54) is 0 Å². The zero-order valence-electron chi connectivity index (χ0n) is 12.3. The topological polar surface area (TPSA) is 56.3 Å². The molecule has 108 valence electrons. The van der Waals surface area contributed by atoms with E-state index in [0.717, 1.165) is 25.1 Å². The maximum Gasteiger partial charge on any atom is 0.232 e. The van der Waals surface area contributed by atoms with Gasteiger partial charge in [-0.25, -0.2) is 4.98 Å². The van der Waals surface area contributed by atoms with Gasteiger partial charge in [0, 0.05) is 25.8 Å². The lowest BCUT2D eigenvalue weighted by Gasteiger charge is -2.17. The van der Waals surface area contributed by atoms with E-state index in [4.69, 9.17) is 9.47 Å². The van der Waals surface area contributed by atoms with Crippen molar-refractivity contribution in [2.24, 2.45) is 0 Å². The van der Waals surface area contributed by atoms with Crippen LogP contribution >= 0.6 is 0 Å². The van der Waals surface area contributed by atoms with Gasteiger partial charge in [0.05, 0.1) is 24.6 Å². The predicted molar refractivity (Wildman–Crippen MR) is 75.5 cm³/mol. The predicted octanol–water partition coefficient (Wildman–Crippen LogP) is 1.82. The summed E-state index contributed by atoms with van der Waals surface area (Å²) in [5.41, 5.74) is 0.920. The molecule has 19 heavy (non-hydrogen) atoms. The molecule has 0 radical (unpaired) electrons. The molecule has 0 bridgehead atoms. The minimum atomic E-state index is 0.109. The van der Waals surface area contributed by atoms with E-state index in [0.29, 0.717) is 12.5 Å². The van der Waals surface area contributed by atoms with E-state index in [-0.39, 0.29) is 12.1 Å². The molecule has 0 saturated heterocycles. The van der Waals surface area contributed by atoms with E-state index in [2.05, 4.69) is 22.2 Å². The zero-order valence-corrected chi connectivity index (χ0v) is 12.3. The number of hydrogen-bond acceptors (Lipinski definition) is 5. The maximum atomic E-state index is 5.55. The van der Waals surface area contributed by atoms with Crippen molar-refractivity contribution < 1.29 is 9.47 Å². The van der Waals surface area contributed by atoms with Crippen LogP contribution in [0.4, 0.5) is 0 Å². The third-order valence-electron chi connectivity index (χ3n) is 2.53. The molecule has 0 aromatic carbocycles. The largest absolute Gasteiger partial charge is 0.474 e. The van der Waals surface area contributed by atoms with Gasteiger partial charge < -0.3 is 14.8 Å². The summed E-state index contributed by atoms with van der Waals surface area (Å²) in [5.74, 6) is 0.583. The molecule has 0 aliphatic carbocycles. The SMILES string of the molecule is CCCNC(COC)Cc1cncc(OC(C)C)n1. The van der Waals surface area contributed by atoms with Gasteiger partial charge in [-0.05, 0) is 26.8 Å². The number of ether oxygens (including phenoxy) is 2. The summed E-state index contributed by atoms with van der Waals surface area (Å²) in [6, 6.07) is 0.258. The highest BCUT2D eigenvalue weighted by molar-refractivity contribution is 5.09. The monoisotopic (exact) mass is 267 g/mol. The van der Waals surface area contributed by atoms with Crippen LogP contribution in [0.25, 0.3) is 0 Å². The van der Waals surface area contributed by atoms with E-state index < -0.39 is 0 Å². The second-order valence-electron chi connectivity index (χ2n) is 4.83. The van der Waals surface area contributed by atoms with Gasteiger partial charge >= 0.3 is 0 Å². The van der Waals surface area contributed by atoms with Crippen LogP contribution < -0.4 is 10.1 Å². The summed E-state index contributed by atoms with van der Waals surface area (Å²) >= 11 is 0. The van der Waals surface area contributed by atoms with Crippen molar-refractivity contribution in [1.29, 1.82) is 0 Å². The van der Waals surface area contributed by atoms with Crippen LogP contribution in [0.1, 0.15) is 32.9 Å². The molecule has 0 fully saturated rings. The third kappa shape index (κ3) is 6.50. The number of aromatic nitrogens is 2. The molecule has 1 aromatic rings. The summed E-state index contributed by atoms with van der Waals surface area (Å²) in [4.78, 5) is 8.64. The number of methoxy groups -OCH3 is 1. The lowest BCUT2D eigenvalue weighted by atomic mass is 10.1. The number of hydrogen-bond donors (Lipinski definition) is 1. The first kappa shape index (κ1) is 15.9. The first-order valence-electron chi connectivity index (χ1n) is 6.85. The Morgan fingerprint density at radius 3 is 2.74 bits per heavy atom. The summed E-state index contributed by atoms with van der Waals surface area (Å²) in [7, 11) is 1.71. The zero-order chi connectivity index (χ0) is 14.1. The van der Waals surface area contributed by atoms with Crippen LogP contribution in [0.5, 0.6) is 5.88 Å². The lowest BCUT2D eigenvalue weighted by molar-refractivity contribution is 0.165. The number of nitrogens with zero attached hydrogens (tertiary/aromatic N) is 2. The van der Waals surface area contributed by atoms with E-state index >= 15 is 0 Å². The Morgan fingerprint density at radius 1 is 1.32 bits per heavy atom. The fourth-order valence-electron chi connectivity index (χ4n) is 1.78. The minimum absolute atomic E-state index is 0.109. The summed E-state index contributed by atoms with van der Waals surface area (Å²) in [5, 5.41) is 3.45. The van der Waals surface area contributed by atoms with E-state index in [1.807, 2.05) is 13.8 Å². The number of nitrogens with one attached hydrogen (secondary N) is 1. The third-order valence-corrected chi connectivity index (χ3v) is 2.53. The highest BCUT2D eigenvalue weighted by Crippen LogP contribution is 2.09. The molecule has 0 aliphatic rings. The highest BCUT2D eigenvalue weighted by Gasteiger charge is 2.11. The van der Waals surface area contributed by atoms with Gasteiger partial charge in [0.25, 0.3) is 0 Å². The Balaban J connectivity index is 2.61. The Morgan fingerprint density at radius 2 is 2.11 bits per heavy atom. The molecule has 1 rings (SSSR count). The van der Waals surface area contributed by atoms with Crippen molar-refractivity contribution in [2.75, 3.05) is 20.3 Å². The van der Waals surface area contributed by atoms with Crippen molar-refractivity contribution in [2.45, 2.75) is 45.8 Å². The smallest absolute Gasteiger partial charge is 0.232 e. The standard InChI is InChI=1S/C14H25N3O2/c1-5-6-16-13(10-18-4)7-12-8-15-9-14(17-12)19-11(2)3/h8-9,11,13,16H,5-7,10H2,1-4H3. The Hall–Kier alpha value is -1.20. The van der Waals surface area contributed by atoms with Crippen LogP contribution in [-0.2, 0) is 11.2 Å². The minimum Gasteiger partial charge on any atom is -0.474 e. The van der Waals surface area contributed by atoms with Crippen molar-refractivity contribution >= 4 is 0 Å². The molecule has 5 heteroatoms. The number of rotatable bonds is 9. The average Bonchev–Trinajstić information content (AvgIpc) is 2.36. The van der Waals surface area contributed by atoms with E-state index in [9.17, 15) is 0 Å². The molecule has 0 aliphatic heterocycles. The molecule has 1 atom stereocenters. The van der Waals surface area contributed by atoms with Gasteiger partial charge in [-0.1, -0.05) is 6.92 Å².